The highest BCUT2D eigenvalue weighted by atomic mass is 19.4. The molecule has 1 N–H and O–H groups in total. The Labute approximate surface area is 145 Å². The molecule has 2 aliphatic heterocycles. The van der Waals surface area contributed by atoms with Crippen LogP contribution >= 0.6 is 0 Å². The van der Waals surface area contributed by atoms with Gasteiger partial charge in [-0.1, -0.05) is 0 Å². The van der Waals surface area contributed by atoms with E-state index in [2.05, 4.69) is 20.3 Å². The highest BCUT2D eigenvalue weighted by Crippen LogP contribution is 2.39. The molecule has 0 aliphatic carbocycles. The molecule has 5 nitrogen and oxygen atoms in total. The topological polar surface area (TPSA) is 43.2 Å². The van der Waals surface area contributed by atoms with Crippen molar-refractivity contribution in [3.8, 4) is 0 Å². The third kappa shape index (κ3) is 3.63. The lowest BCUT2D eigenvalue weighted by Gasteiger charge is -2.40. The summed E-state index contributed by atoms with van der Waals surface area (Å²) >= 11 is 0. The SMILES string of the molecule is CC(C)=NN1C(N2CCNCC2)=Nc2ccc(C(F)(F)F)cc2C1C. The Bertz CT molecular complexity index is 701. The number of hydrazone groups is 1. The van der Waals surface area contributed by atoms with Crippen molar-refractivity contribution < 1.29 is 13.2 Å². The van der Waals surface area contributed by atoms with Crippen molar-refractivity contribution in [2.24, 2.45) is 10.1 Å². The maximum atomic E-state index is 13.1. The van der Waals surface area contributed by atoms with Crippen molar-refractivity contribution in [1.82, 2.24) is 15.2 Å². The summed E-state index contributed by atoms with van der Waals surface area (Å²) in [5, 5.41) is 9.57. The van der Waals surface area contributed by atoms with E-state index in [1.165, 1.54) is 12.1 Å². The number of aliphatic imine (C=N–C) groups is 1. The molecule has 3 rings (SSSR count). The first-order valence-electron chi connectivity index (χ1n) is 8.34. The van der Waals surface area contributed by atoms with Crippen LogP contribution in [0.5, 0.6) is 0 Å². The number of hydrogen-bond acceptors (Lipinski definition) is 5. The fourth-order valence-corrected chi connectivity index (χ4v) is 3.06. The van der Waals surface area contributed by atoms with Crippen LogP contribution < -0.4 is 5.32 Å². The summed E-state index contributed by atoms with van der Waals surface area (Å²) in [5.41, 5.74) is 1.29. The summed E-state index contributed by atoms with van der Waals surface area (Å²) in [5.74, 6) is 0.697. The molecule has 1 aromatic carbocycles. The van der Waals surface area contributed by atoms with Gasteiger partial charge in [0, 0.05) is 37.5 Å². The summed E-state index contributed by atoms with van der Waals surface area (Å²) in [6.07, 6.45) is -4.37. The van der Waals surface area contributed by atoms with E-state index in [9.17, 15) is 13.2 Å². The third-order valence-electron chi connectivity index (χ3n) is 4.30. The van der Waals surface area contributed by atoms with Gasteiger partial charge in [0.05, 0.1) is 17.3 Å². The summed E-state index contributed by atoms with van der Waals surface area (Å²) < 4.78 is 39.2. The van der Waals surface area contributed by atoms with Crippen LogP contribution in [-0.2, 0) is 6.18 Å². The molecule has 0 saturated carbocycles. The van der Waals surface area contributed by atoms with E-state index in [-0.39, 0.29) is 6.04 Å². The first kappa shape index (κ1) is 17.7. The van der Waals surface area contributed by atoms with Crippen LogP contribution in [0.25, 0.3) is 0 Å². The fourth-order valence-electron chi connectivity index (χ4n) is 3.06. The van der Waals surface area contributed by atoms with Gasteiger partial charge in [0.15, 0.2) is 0 Å². The molecule has 0 bridgehead atoms. The van der Waals surface area contributed by atoms with Crippen LogP contribution in [0.15, 0.2) is 28.3 Å². The van der Waals surface area contributed by atoms with Crippen molar-refractivity contribution in [3.63, 3.8) is 0 Å². The molecule has 8 heteroatoms. The zero-order valence-corrected chi connectivity index (χ0v) is 14.6. The van der Waals surface area contributed by atoms with E-state index in [1.54, 1.807) is 5.01 Å². The lowest BCUT2D eigenvalue weighted by atomic mass is 10.0. The predicted octanol–water partition coefficient (Wildman–Crippen LogP) is 3.37. The summed E-state index contributed by atoms with van der Waals surface area (Å²) in [6.45, 7) is 8.86. The summed E-state index contributed by atoms with van der Waals surface area (Å²) in [7, 11) is 0. The molecule has 0 aromatic heterocycles. The molecule has 0 spiro atoms. The van der Waals surface area contributed by atoms with Gasteiger partial charge >= 0.3 is 6.18 Å². The maximum absolute atomic E-state index is 13.1. The molecule has 2 aliphatic rings. The number of nitrogens with one attached hydrogen (secondary N) is 1. The lowest BCUT2D eigenvalue weighted by Crippen LogP contribution is -2.52. The number of alkyl halides is 3. The van der Waals surface area contributed by atoms with Crippen molar-refractivity contribution in [2.45, 2.75) is 33.0 Å². The van der Waals surface area contributed by atoms with E-state index in [0.717, 1.165) is 38.0 Å². The average Bonchev–Trinajstić information content (AvgIpc) is 2.56. The van der Waals surface area contributed by atoms with Gasteiger partial charge in [-0.25, -0.2) is 10.0 Å². The molecule has 136 valence electrons. The van der Waals surface area contributed by atoms with Gasteiger partial charge in [0.1, 0.15) is 0 Å². The standard InChI is InChI=1S/C17H22F3N5/c1-11(2)23-25-12(3)14-10-13(17(18,19)20)4-5-15(14)22-16(25)24-8-6-21-7-9-24/h4-5,10,12,21H,6-9H2,1-3H3. The van der Waals surface area contributed by atoms with Gasteiger partial charge in [-0.3, -0.25) is 0 Å². The minimum Gasteiger partial charge on any atom is -0.338 e. The lowest BCUT2D eigenvalue weighted by molar-refractivity contribution is -0.137. The molecule has 1 unspecified atom stereocenters. The van der Waals surface area contributed by atoms with Crippen LogP contribution in [0.2, 0.25) is 0 Å². The predicted molar refractivity (Wildman–Crippen MR) is 92.0 cm³/mol. The number of halogens is 3. The Morgan fingerprint density at radius 2 is 1.92 bits per heavy atom. The number of nitrogens with zero attached hydrogens (tertiary/aromatic N) is 4. The van der Waals surface area contributed by atoms with E-state index in [0.29, 0.717) is 17.2 Å². The second kappa shape index (κ2) is 6.67. The second-order valence-electron chi connectivity index (χ2n) is 6.49. The second-order valence-corrected chi connectivity index (χ2v) is 6.49. The van der Waals surface area contributed by atoms with Crippen molar-refractivity contribution >= 4 is 17.4 Å². The van der Waals surface area contributed by atoms with Gasteiger partial charge in [-0.05, 0) is 39.0 Å². The first-order valence-corrected chi connectivity index (χ1v) is 8.34. The highest BCUT2D eigenvalue weighted by molar-refractivity contribution is 5.88. The van der Waals surface area contributed by atoms with Gasteiger partial charge < -0.3 is 10.2 Å². The third-order valence-corrected chi connectivity index (χ3v) is 4.30. The summed E-state index contributed by atoms with van der Waals surface area (Å²) in [4.78, 5) is 6.77. The minimum atomic E-state index is -4.37. The summed E-state index contributed by atoms with van der Waals surface area (Å²) in [6, 6.07) is 3.41. The quantitative estimate of drug-likeness (QED) is 0.787. The molecule has 1 aromatic rings. The molecular formula is C17H22F3N5. The molecule has 1 atom stereocenters. The fraction of sp³-hybridized carbons (Fsp3) is 0.529. The molecular weight excluding hydrogens is 331 g/mol. The molecule has 1 saturated heterocycles. The van der Waals surface area contributed by atoms with Gasteiger partial charge in [0.2, 0.25) is 5.96 Å². The zero-order valence-electron chi connectivity index (χ0n) is 14.6. The molecule has 0 amide bonds. The van der Waals surface area contributed by atoms with Crippen LogP contribution in [0.3, 0.4) is 0 Å². The van der Waals surface area contributed by atoms with Crippen molar-refractivity contribution in [3.05, 3.63) is 29.3 Å². The first-order chi connectivity index (χ1) is 11.8. The highest BCUT2D eigenvalue weighted by Gasteiger charge is 2.35. The Morgan fingerprint density at radius 1 is 1.24 bits per heavy atom. The number of rotatable bonds is 1. The Morgan fingerprint density at radius 3 is 2.52 bits per heavy atom. The largest absolute Gasteiger partial charge is 0.416 e. The van der Waals surface area contributed by atoms with E-state index in [1.807, 2.05) is 20.8 Å². The number of fused-ring (bicyclic) bond motifs is 1. The van der Waals surface area contributed by atoms with Crippen LogP contribution in [-0.4, -0.2) is 47.8 Å². The average molecular weight is 353 g/mol. The number of guanidine groups is 1. The van der Waals surface area contributed by atoms with E-state index < -0.39 is 11.7 Å². The molecule has 2 heterocycles. The van der Waals surface area contributed by atoms with E-state index >= 15 is 0 Å². The van der Waals surface area contributed by atoms with Gasteiger partial charge in [-0.2, -0.15) is 18.3 Å². The molecule has 0 radical (unpaired) electrons. The van der Waals surface area contributed by atoms with E-state index in [4.69, 9.17) is 0 Å². The zero-order chi connectivity index (χ0) is 18.2. The van der Waals surface area contributed by atoms with Gasteiger partial charge in [0.25, 0.3) is 0 Å². The number of piperazine rings is 1. The molecule has 1 fully saturated rings. The maximum Gasteiger partial charge on any atom is 0.416 e. The van der Waals surface area contributed by atoms with Crippen LogP contribution in [0, 0.1) is 0 Å². The van der Waals surface area contributed by atoms with Gasteiger partial charge in [-0.15, -0.1) is 0 Å². The van der Waals surface area contributed by atoms with Crippen molar-refractivity contribution in [2.75, 3.05) is 26.2 Å². The number of hydrogen-bond donors (Lipinski definition) is 1. The smallest absolute Gasteiger partial charge is 0.338 e. The van der Waals surface area contributed by atoms with Crippen LogP contribution in [0.1, 0.15) is 37.9 Å². The minimum absolute atomic E-state index is 0.324. The van der Waals surface area contributed by atoms with Crippen molar-refractivity contribution in [1.29, 1.82) is 0 Å². The Balaban J connectivity index is 2.07. The Hall–Kier alpha value is -2.09. The van der Waals surface area contributed by atoms with Crippen LogP contribution in [0.4, 0.5) is 18.9 Å². The molecule has 25 heavy (non-hydrogen) atoms. The normalized spacial score (nSPS) is 20.9. The monoisotopic (exact) mass is 353 g/mol. The number of benzene rings is 1. The Kier molecular flexibility index (Phi) is 4.73.